The van der Waals surface area contributed by atoms with E-state index in [1.807, 2.05) is 4.72 Å². The summed E-state index contributed by atoms with van der Waals surface area (Å²) in [7, 11) is -7.89. The van der Waals surface area contributed by atoms with Crippen molar-refractivity contribution in [1.29, 1.82) is 0 Å². The molecule has 0 heterocycles. The van der Waals surface area contributed by atoms with Crippen LogP contribution in [0.15, 0.2) is 18.2 Å². The highest BCUT2D eigenvalue weighted by Crippen LogP contribution is 2.35. The summed E-state index contributed by atoms with van der Waals surface area (Å²) in [5.74, 6) is -7.46. The molecular weight excluding hydrogens is 465 g/mol. The Kier molecular flexibility index (Phi) is 8.48. The highest BCUT2D eigenvalue weighted by molar-refractivity contribution is 7.92. The third kappa shape index (κ3) is 7.69. The maximum atomic E-state index is 13.2. The molecular formula is C17H23F3N2O7S2. The van der Waals surface area contributed by atoms with Gasteiger partial charge in [0.2, 0.25) is 20.0 Å². The topological polar surface area (TPSA) is 136 Å². The first kappa shape index (κ1) is 26.7. The summed E-state index contributed by atoms with van der Waals surface area (Å²) in [5, 5.41) is 0. The van der Waals surface area contributed by atoms with Gasteiger partial charge in [-0.25, -0.2) is 16.8 Å². The average molecular weight is 489 g/mol. The van der Waals surface area contributed by atoms with E-state index in [0.29, 0.717) is 0 Å². The molecule has 176 valence electrons. The van der Waals surface area contributed by atoms with Crippen molar-refractivity contribution in [2.24, 2.45) is 0 Å². The summed E-state index contributed by atoms with van der Waals surface area (Å²) in [5.41, 5.74) is -1.47. The maximum Gasteiger partial charge on any atom is 0.451 e. The molecule has 0 radical (unpaired) electrons. The molecule has 14 heteroatoms. The van der Waals surface area contributed by atoms with E-state index in [0.717, 1.165) is 18.2 Å². The van der Waals surface area contributed by atoms with Crippen LogP contribution in [0.3, 0.4) is 0 Å². The van der Waals surface area contributed by atoms with Gasteiger partial charge in [0.1, 0.15) is 0 Å². The monoisotopic (exact) mass is 488 g/mol. The molecule has 1 aromatic rings. The number of carbonyl (C=O) groups is 2. The normalized spacial score (nSPS) is 13.5. The van der Waals surface area contributed by atoms with Crippen LogP contribution in [0.1, 0.15) is 39.2 Å². The van der Waals surface area contributed by atoms with Crippen LogP contribution in [0, 0.1) is 0 Å². The molecule has 31 heavy (non-hydrogen) atoms. The SMILES string of the molecule is CCS(=O)(=O)Nc1ccc(NS(=O)(=O)CC)c([C@H](C(=O)OC(C)C)C(=O)C(F)(F)F)c1. The maximum absolute atomic E-state index is 13.2. The average Bonchev–Trinajstić information content (AvgIpc) is 2.62. The summed E-state index contributed by atoms with van der Waals surface area (Å²) in [4.78, 5) is 24.5. The molecule has 0 saturated carbocycles. The van der Waals surface area contributed by atoms with Gasteiger partial charge in [-0.2, -0.15) is 13.2 Å². The van der Waals surface area contributed by atoms with Gasteiger partial charge in [0.15, 0.2) is 5.92 Å². The molecule has 1 rings (SSSR count). The standard InChI is InChI=1S/C17H23F3N2O7S2/c1-5-30(25,26)21-11-7-8-13(22-31(27,28)6-2)12(9-11)14(15(23)17(18,19)20)16(24)29-10(3)4/h7-10,14,21-22H,5-6H2,1-4H3/t14-/m0/s1. The van der Waals surface area contributed by atoms with E-state index in [2.05, 4.69) is 4.72 Å². The van der Waals surface area contributed by atoms with Crippen LogP contribution in [0.2, 0.25) is 0 Å². The zero-order chi connectivity index (χ0) is 24.2. The second-order valence-electron chi connectivity index (χ2n) is 6.59. The Bertz CT molecular complexity index is 1040. The molecule has 0 fully saturated rings. The van der Waals surface area contributed by atoms with Crippen LogP contribution in [0.5, 0.6) is 0 Å². The molecule has 0 aliphatic heterocycles. The van der Waals surface area contributed by atoms with Gasteiger partial charge < -0.3 is 4.74 Å². The van der Waals surface area contributed by atoms with Crippen molar-refractivity contribution in [1.82, 2.24) is 0 Å². The van der Waals surface area contributed by atoms with Gasteiger partial charge in [0.25, 0.3) is 5.78 Å². The minimum Gasteiger partial charge on any atom is -0.462 e. The fraction of sp³-hybridized carbons (Fsp3) is 0.529. The third-order valence-electron chi connectivity index (χ3n) is 3.79. The van der Waals surface area contributed by atoms with Crippen molar-refractivity contribution in [3.63, 3.8) is 0 Å². The number of anilines is 2. The number of Topliss-reactive ketones (excluding diaryl/α,β-unsaturated/α-hetero) is 1. The quantitative estimate of drug-likeness (QED) is 0.381. The minimum absolute atomic E-state index is 0.270. The smallest absolute Gasteiger partial charge is 0.451 e. The molecule has 0 unspecified atom stereocenters. The van der Waals surface area contributed by atoms with E-state index < -0.39 is 67.0 Å². The van der Waals surface area contributed by atoms with Gasteiger partial charge in [-0.1, -0.05) is 0 Å². The first-order chi connectivity index (χ1) is 14.0. The van der Waals surface area contributed by atoms with Crippen molar-refractivity contribution < 1.29 is 44.3 Å². The van der Waals surface area contributed by atoms with E-state index in [-0.39, 0.29) is 11.4 Å². The molecule has 1 aromatic carbocycles. The first-order valence-electron chi connectivity index (χ1n) is 8.99. The number of ether oxygens (including phenoxy) is 1. The van der Waals surface area contributed by atoms with Gasteiger partial charge in [-0.15, -0.1) is 0 Å². The van der Waals surface area contributed by atoms with E-state index in [4.69, 9.17) is 4.74 Å². The highest BCUT2D eigenvalue weighted by atomic mass is 32.2. The summed E-state index contributed by atoms with van der Waals surface area (Å²) < 4.78 is 96.2. The van der Waals surface area contributed by atoms with Crippen LogP contribution in [0.25, 0.3) is 0 Å². The zero-order valence-corrected chi connectivity index (χ0v) is 18.7. The Labute approximate surface area is 178 Å². The molecule has 0 aliphatic rings. The van der Waals surface area contributed by atoms with Crippen molar-refractivity contribution in [2.45, 2.75) is 45.9 Å². The molecule has 0 spiro atoms. The van der Waals surface area contributed by atoms with Crippen LogP contribution >= 0.6 is 0 Å². The lowest BCUT2D eigenvalue weighted by Crippen LogP contribution is -2.36. The summed E-state index contributed by atoms with van der Waals surface area (Å²) in [6.07, 6.45) is -6.34. The Morgan fingerprint density at radius 2 is 1.52 bits per heavy atom. The molecule has 0 aliphatic carbocycles. The van der Waals surface area contributed by atoms with Crippen molar-refractivity contribution >= 4 is 43.2 Å². The van der Waals surface area contributed by atoms with Crippen molar-refractivity contribution in [3.8, 4) is 0 Å². The number of sulfonamides is 2. The number of halogens is 3. The lowest BCUT2D eigenvalue weighted by Gasteiger charge is -2.22. The zero-order valence-electron chi connectivity index (χ0n) is 17.1. The molecule has 2 N–H and O–H groups in total. The highest BCUT2D eigenvalue weighted by Gasteiger charge is 2.49. The minimum atomic E-state index is -5.46. The first-order valence-corrected chi connectivity index (χ1v) is 12.3. The largest absolute Gasteiger partial charge is 0.462 e. The number of ketones is 1. The molecule has 1 atom stereocenters. The van der Waals surface area contributed by atoms with Gasteiger partial charge in [-0.3, -0.25) is 19.0 Å². The second-order valence-corrected chi connectivity index (χ2v) is 10.6. The molecule has 0 saturated heterocycles. The van der Waals surface area contributed by atoms with Gasteiger partial charge in [0, 0.05) is 11.3 Å². The number of hydrogen-bond donors (Lipinski definition) is 2. The van der Waals surface area contributed by atoms with E-state index in [1.54, 1.807) is 0 Å². The molecule has 0 amide bonds. The van der Waals surface area contributed by atoms with Crippen LogP contribution in [-0.4, -0.2) is 52.4 Å². The third-order valence-corrected chi connectivity index (χ3v) is 6.39. The van der Waals surface area contributed by atoms with Gasteiger partial charge >= 0.3 is 12.1 Å². The number of benzene rings is 1. The second kappa shape index (κ2) is 9.85. The molecule has 0 aromatic heterocycles. The number of rotatable bonds is 10. The lowest BCUT2D eigenvalue weighted by atomic mass is 9.92. The van der Waals surface area contributed by atoms with Gasteiger partial charge in [-0.05, 0) is 45.9 Å². The predicted octanol–water partition coefficient (Wildman–Crippen LogP) is 2.38. The van der Waals surface area contributed by atoms with Crippen molar-refractivity contribution in [3.05, 3.63) is 23.8 Å². The summed E-state index contributed by atoms with van der Waals surface area (Å²) in [6, 6.07) is 2.82. The Balaban J connectivity index is 3.76. The fourth-order valence-corrected chi connectivity index (χ4v) is 3.58. The van der Waals surface area contributed by atoms with E-state index in [1.165, 1.54) is 27.7 Å². The number of carbonyl (C=O) groups excluding carboxylic acids is 2. The Morgan fingerprint density at radius 3 is 1.97 bits per heavy atom. The summed E-state index contributed by atoms with van der Waals surface area (Å²) in [6.45, 7) is 5.26. The fourth-order valence-electron chi connectivity index (χ4n) is 2.29. The van der Waals surface area contributed by atoms with Gasteiger partial charge in [0.05, 0.1) is 23.3 Å². The van der Waals surface area contributed by atoms with E-state index in [9.17, 15) is 39.6 Å². The Morgan fingerprint density at radius 1 is 1.00 bits per heavy atom. The predicted molar refractivity (Wildman–Crippen MR) is 108 cm³/mol. The number of hydrogen-bond acceptors (Lipinski definition) is 7. The van der Waals surface area contributed by atoms with Crippen LogP contribution in [-0.2, 0) is 34.4 Å². The molecule has 9 nitrogen and oxygen atoms in total. The molecule has 0 bridgehead atoms. The number of alkyl halides is 3. The van der Waals surface area contributed by atoms with E-state index >= 15 is 0 Å². The number of esters is 1. The van der Waals surface area contributed by atoms with Crippen LogP contribution < -0.4 is 9.44 Å². The Hall–Kier alpha value is -2.35. The summed E-state index contributed by atoms with van der Waals surface area (Å²) >= 11 is 0. The lowest BCUT2D eigenvalue weighted by molar-refractivity contribution is -0.178. The number of nitrogens with one attached hydrogen (secondary N) is 2. The van der Waals surface area contributed by atoms with Crippen molar-refractivity contribution in [2.75, 3.05) is 20.9 Å². The van der Waals surface area contributed by atoms with Crippen LogP contribution in [0.4, 0.5) is 24.5 Å².